The maximum atomic E-state index is 12.2. The lowest BCUT2D eigenvalue weighted by atomic mass is 10.2. The largest absolute Gasteiger partial charge is 0.289 e. The molecule has 0 spiro atoms. The molecule has 0 N–H and O–H groups in total. The fourth-order valence-corrected chi connectivity index (χ4v) is 1.91. The molecule has 0 aliphatic carbocycles. The van der Waals surface area contributed by atoms with E-state index < -0.39 is 0 Å². The van der Waals surface area contributed by atoms with Gasteiger partial charge in [0.1, 0.15) is 0 Å². The lowest BCUT2D eigenvalue weighted by Gasteiger charge is -1.89. The molecule has 1 heterocycles. The Morgan fingerprint density at radius 3 is 2.56 bits per heavy atom. The molecular weight excluding hydrogens is 198 g/mol. The van der Waals surface area contributed by atoms with E-state index in [2.05, 4.69) is 4.98 Å². The van der Waals surface area contributed by atoms with Crippen molar-refractivity contribution in [1.29, 1.82) is 0 Å². The summed E-state index contributed by atoms with van der Waals surface area (Å²) in [5.74, 6) is 0. The van der Waals surface area contributed by atoms with E-state index in [1.54, 1.807) is 12.3 Å². The predicted molar refractivity (Wildman–Crippen MR) is 65.5 cm³/mol. The van der Waals surface area contributed by atoms with E-state index in [0.717, 1.165) is 16.3 Å². The molecule has 0 atom stereocenters. The second-order valence-electron chi connectivity index (χ2n) is 3.69. The van der Waals surface area contributed by atoms with Crippen LogP contribution in [0, 0.1) is 0 Å². The molecule has 2 heteroatoms. The number of hydrogen-bond donors (Lipinski definition) is 0. The summed E-state index contributed by atoms with van der Waals surface area (Å²) >= 11 is 0. The van der Waals surface area contributed by atoms with Gasteiger partial charge in [0.15, 0.2) is 5.43 Å². The normalized spacial score (nSPS) is 10.8. The second kappa shape index (κ2) is 3.42. The van der Waals surface area contributed by atoms with Gasteiger partial charge in [-0.3, -0.25) is 9.78 Å². The first kappa shape index (κ1) is 9.04. The summed E-state index contributed by atoms with van der Waals surface area (Å²) in [5, 5.41) is 2.36. The van der Waals surface area contributed by atoms with E-state index in [4.69, 9.17) is 0 Å². The molecule has 16 heavy (non-hydrogen) atoms. The van der Waals surface area contributed by atoms with Gasteiger partial charge in [0, 0.05) is 17.0 Å². The van der Waals surface area contributed by atoms with Gasteiger partial charge in [0.2, 0.25) is 0 Å². The minimum absolute atomic E-state index is 0.0451. The van der Waals surface area contributed by atoms with E-state index in [-0.39, 0.29) is 5.43 Å². The fourth-order valence-electron chi connectivity index (χ4n) is 1.91. The summed E-state index contributed by atoms with van der Waals surface area (Å²) in [5.41, 5.74) is 0.785. The first-order valence-electron chi connectivity index (χ1n) is 5.13. The van der Waals surface area contributed by atoms with Crippen molar-refractivity contribution in [3.8, 4) is 0 Å². The highest BCUT2D eigenvalue weighted by molar-refractivity contribution is 5.91. The minimum atomic E-state index is 0.0451. The molecule has 0 aliphatic rings. The molecule has 0 aliphatic heterocycles. The monoisotopic (exact) mass is 207 g/mol. The van der Waals surface area contributed by atoms with Crippen LogP contribution in [0.2, 0.25) is 0 Å². The van der Waals surface area contributed by atoms with Gasteiger partial charge in [-0.1, -0.05) is 30.3 Å². The number of benzene rings is 1. The Morgan fingerprint density at radius 2 is 1.62 bits per heavy atom. The van der Waals surface area contributed by atoms with Crippen molar-refractivity contribution >= 4 is 21.7 Å². The smallest absolute Gasteiger partial charge is 0.195 e. The van der Waals surface area contributed by atoms with E-state index in [1.807, 2.05) is 42.5 Å². The lowest BCUT2D eigenvalue weighted by molar-refractivity contribution is 1.42. The molecule has 0 unspecified atom stereocenters. The Balaban J connectivity index is 2.69. The lowest BCUT2D eigenvalue weighted by Crippen LogP contribution is -1.98. The average molecular weight is 207 g/mol. The number of hydrogen-bond acceptors (Lipinski definition) is 2. The maximum absolute atomic E-state index is 12.2. The van der Waals surface area contributed by atoms with Crippen LogP contribution in [0.4, 0.5) is 0 Å². The highest BCUT2D eigenvalue weighted by Crippen LogP contribution is 2.12. The zero-order valence-electron chi connectivity index (χ0n) is 8.55. The molecule has 0 saturated heterocycles. The highest BCUT2D eigenvalue weighted by atomic mass is 16.1. The molecule has 3 aromatic rings. The molecule has 0 amide bonds. The van der Waals surface area contributed by atoms with Crippen LogP contribution < -0.4 is 5.43 Å². The Morgan fingerprint density at radius 1 is 0.812 bits per heavy atom. The molecule has 0 radical (unpaired) electrons. The highest BCUT2D eigenvalue weighted by Gasteiger charge is 2.00. The molecule has 76 valence electrons. The van der Waals surface area contributed by atoms with Crippen molar-refractivity contribution in [2.45, 2.75) is 0 Å². The van der Waals surface area contributed by atoms with Crippen LogP contribution in [0.5, 0.6) is 0 Å². The van der Waals surface area contributed by atoms with E-state index in [0.29, 0.717) is 5.39 Å². The summed E-state index contributed by atoms with van der Waals surface area (Å²) in [6.07, 6.45) is 1.70. The van der Waals surface area contributed by atoms with Gasteiger partial charge in [0.25, 0.3) is 0 Å². The third-order valence-electron chi connectivity index (χ3n) is 2.71. The van der Waals surface area contributed by atoms with Crippen molar-refractivity contribution in [3.05, 3.63) is 65.0 Å². The molecule has 2 aromatic carbocycles. The van der Waals surface area contributed by atoms with Crippen molar-refractivity contribution in [3.63, 3.8) is 0 Å². The van der Waals surface area contributed by atoms with E-state index in [9.17, 15) is 4.79 Å². The Labute approximate surface area is 92.2 Å². The minimum Gasteiger partial charge on any atom is -0.289 e. The molecule has 3 rings (SSSR count). The summed E-state index contributed by atoms with van der Waals surface area (Å²) < 4.78 is 0. The van der Waals surface area contributed by atoms with Crippen molar-refractivity contribution in [2.75, 3.05) is 0 Å². The van der Waals surface area contributed by atoms with Gasteiger partial charge in [0.05, 0.1) is 5.52 Å². The quantitative estimate of drug-likeness (QED) is 0.567. The topological polar surface area (TPSA) is 30.0 Å². The summed E-state index contributed by atoms with van der Waals surface area (Å²) in [6, 6.07) is 15.0. The number of nitrogens with zero attached hydrogens (tertiary/aromatic N) is 1. The van der Waals surface area contributed by atoms with Crippen molar-refractivity contribution in [1.82, 2.24) is 4.98 Å². The van der Waals surface area contributed by atoms with Crippen LogP contribution in [0.25, 0.3) is 21.7 Å². The van der Waals surface area contributed by atoms with Crippen LogP contribution in [0.3, 0.4) is 0 Å². The van der Waals surface area contributed by atoms with Gasteiger partial charge in [-0.2, -0.15) is 0 Å². The third-order valence-corrected chi connectivity index (χ3v) is 2.71. The summed E-state index contributed by atoms with van der Waals surface area (Å²) in [6.45, 7) is 0. The number of rotatable bonds is 0. The molecule has 0 bridgehead atoms. The molecule has 0 saturated carbocycles. The van der Waals surface area contributed by atoms with Gasteiger partial charge < -0.3 is 0 Å². The second-order valence-corrected chi connectivity index (χ2v) is 3.69. The van der Waals surface area contributed by atoms with Gasteiger partial charge in [-0.25, -0.2) is 0 Å². The van der Waals surface area contributed by atoms with Crippen LogP contribution in [-0.4, -0.2) is 4.98 Å². The Kier molecular flexibility index (Phi) is 1.93. The predicted octanol–water partition coefficient (Wildman–Crippen LogP) is 2.75. The molecular formula is C14H9NO. The third kappa shape index (κ3) is 1.27. The van der Waals surface area contributed by atoms with Crippen LogP contribution in [0.1, 0.15) is 0 Å². The number of fused-ring (bicyclic) bond motifs is 2. The van der Waals surface area contributed by atoms with Crippen molar-refractivity contribution < 1.29 is 0 Å². The van der Waals surface area contributed by atoms with E-state index in [1.165, 1.54) is 0 Å². The van der Waals surface area contributed by atoms with Crippen LogP contribution in [-0.2, 0) is 0 Å². The maximum Gasteiger partial charge on any atom is 0.195 e. The van der Waals surface area contributed by atoms with Gasteiger partial charge in [-0.15, -0.1) is 0 Å². The van der Waals surface area contributed by atoms with Gasteiger partial charge in [-0.05, 0) is 23.6 Å². The van der Waals surface area contributed by atoms with Gasteiger partial charge >= 0.3 is 0 Å². The Hall–Kier alpha value is -2.22. The average Bonchev–Trinajstić information content (AvgIpc) is 2.49. The fraction of sp³-hybridized carbons (Fsp3) is 0. The van der Waals surface area contributed by atoms with Crippen molar-refractivity contribution in [2.24, 2.45) is 0 Å². The molecule has 0 fully saturated rings. The zero-order chi connectivity index (χ0) is 11.0. The first-order chi connectivity index (χ1) is 7.86. The standard InChI is InChI=1S/C14H9NO/c16-14-11-5-2-1-4-10(11)7-8-13-12(14)6-3-9-15-13/h1-9H. The summed E-state index contributed by atoms with van der Waals surface area (Å²) in [7, 11) is 0. The number of pyridine rings is 1. The van der Waals surface area contributed by atoms with Crippen LogP contribution >= 0.6 is 0 Å². The summed E-state index contributed by atoms with van der Waals surface area (Å²) in [4.78, 5) is 16.5. The first-order valence-corrected chi connectivity index (χ1v) is 5.13. The zero-order valence-corrected chi connectivity index (χ0v) is 8.55. The SMILES string of the molecule is O=c1c2ccccc2ccc2ncccc12. The molecule has 2 nitrogen and oxygen atoms in total. The molecule has 1 aromatic heterocycles. The van der Waals surface area contributed by atoms with Crippen LogP contribution in [0.15, 0.2) is 59.5 Å². The number of aromatic nitrogens is 1. The Bertz CT molecular complexity index is 673. The van der Waals surface area contributed by atoms with E-state index >= 15 is 0 Å².